The first-order chi connectivity index (χ1) is 11.6. The standard InChI is InChI=1S/C20H13FN2O/c1-11-15(10-22)17(14-8-4-5-9-16(14)21)18-19(23-11)12-6-2-3-7-13(12)20(18)24/h2-9,15,17H,1H3/t15?,17-/m1/s1. The number of aliphatic imine (C=N–C) groups is 1. The highest BCUT2D eigenvalue weighted by molar-refractivity contribution is 6.23. The van der Waals surface area contributed by atoms with E-state index in [1.165, 1.54) is 6.07 Å². The molecule has 1 aliphatic heterocycles. The predicted octanol–water partition coefficient (Wildman–Crippen LogP) is 4.13. The monoisotopic (exact) mass is 316 g/mol. The lowest BCUT2D eigenvalue weighted by Gasteiger charge is -2.27. The number of Topliss-reactive ketones (excluding diaryl/α,β-unsaturated/α-hetero) is 1. The Morgan fingerprint density at radius 1 is 1.08 bits per heavy atom. The molecule has 0 bridgehead atoms. The SMILES string of the molecule is CC1=NC2=C(C(=O)c3ccccc32)[C@H](c2ccccc2F)C1C#N. The zero-order valence-electron chi connectivity index (χ0n) is 13.0. The summed E-state index contributed by atoms with van der Waals surface area (Å²) in [7, 11) is 0. The van der Waals surface area contributed by atoms with E-state index >= 15 is 0 Å². The quantitative estimate of drug-likeness (QED) is 0.794. The first kappa shape index (κ1) is 14.5. The van der Waals surface area contributed by atoms with E-state index in [0.29, 0.717) is 28.1 Å². The minimum atomic E-state index is -0.654. The van der Waals surface area contributed by atoms with Gasteiger partial charge in [0, 0.05) is 28.3 Å². The number of halogens is 1. The largest absolute Gasteiger partial charge is 0.289 e. The van der Waals surface area contributed by atoms with Crippen molar-refractivity contribution in [3.05, 3.63) is 76.6 Å². The Hall–Kier alpha value is -3.06. The smallest absolute Gasteiger partial charge is 0.192 e. The fraction of sp³-hybridized carbons (Fsp3) is 0.150. The molecule has 2 aromatic rings. The second-order valence-corrected chi connectivity index (χ2v) is 6.00. The summed E-state index contributed by atoms with van der Waals surface area (Å²) in [6, 6.07) is 15.8. The van der Waals surface area contributed by atoms with E-state index in [4.69, 9.17) is 0 Å². The lowest BCUT2D eigenvalue weighted by molar-refractivity contribution is 0.103. The molecule has 1 unspecified atom stereocenters. The Bertz CT molecular complexity index is 981. The highest BCUT2D eigenvalue weighted by atomic mass is 19.1. The van der Waals surface area contributed by atoms with Crippen LogP contribution in [0.1, 0.15) is 34.3 Å². The summed E-state index contributed by atoms with van der Waals surface area (Å²) in [5, 5.41) is 9.62. The van der Waals surface area contributed by atoms with Crippen LogP contribution in [0.15, 0.2) is 59.1 Å². The summed E-state index contributed by atoms with van der Waals surface area (Å²) >= 11 is 0. The number of nitriles is 1. The van der Waals surface area contributed by atoms with Crippen molar-refractivity contribution >= 4 is 17.2 Å². The molecule has 4 rings (SSSR count). The number of benzene rings is 2. The number of ketones is 1. The number of allylic oxidation sites excluding steroid dienone is 1. The molecule has 1 aliphatic carbocycles. The van der Waals surface area contributed by atoms with Crippen molar-refractivity contribution in [1.29, 1.82) is 5.26 Å². The van der Waals surface area contributed by atoms with Gasteiger partial charge in [-0.1, -0.05) is 42.5 Å². The highest BCUT2D eigenvalue weighted by Gasteiger charge is 2.43. The topological polar surface area (TPSA) is 53.2 Å². The molecule has 0 aromatic heterocycles. The highest BCUT2D eigenvalue weighted by Crippen LogP contribution is 2.47. The Kier molecular flexibility index (Phi) is 3.17. The van der Waals surface area contributed by atoms with Crippen LogP contribution >= 0.6 is 0 Å². The minimum absolute atomic E-state index is 0.162. The molecule has 4 heteroatoms. The van der Waals surface area contributed by atoms with Crippen LogP contribution in [0.2, 0.25) is 0 Å². The van der Waals surface area contributed by atoms with Crippen molar-refractivity contribution in [1.82, 2.24) is 0 Å². The number of rotatable bonds is 1. The maximum Gasteiger partial charge on any atom is 0.192 e. The van der Waals surface area contributed by atoms with E-state index in [0.717, 1.165) is 5.56 Å². The van der Waals surface area contributed by atoms with Crippen LogP contribution in [0.25, 0.3) is 5.70 Å². The van der Waals surface area contributed by atoms with Crippen LogP contribution in [0.3, 0.4) is 0 Å². The molecule has 0 radical (unpaired) electrons. The predicted molar refractivity (Wildman–Crippen MR) is 89.0 cm³/mol. The lowest BCUT2D eigenvalue weighted by atomic mass is 9.76. The molecule has 24 heavy (non-hydrogen) atoms. The third-order valence-electron chi connectivity index (χ3n) is 4.69. The Balaban J connectivity index is 2.00. The molecular weight excluding hydrogens is 303 g/mol. The van der Waals surface area contributed by atoms with Gasteiger partial charge >= 0.3 is 0 Å². The Morgan fingerprint density at radius 2 is 1.75 bits per heavy atom. The van der Waals surface area contributed by atoms with Gasteiger partial charge in [0.15, 0.2) is 5.78 Å². The molecule has 0 amide bonds. The summed E-state index contributed by atoms with van der Waals surface area (Å²) in [4.78, 5) is 17.5. The summed E-state index contributed by atoms with van der Waals surface area (Å²) in [6.45, 7) is 1.76. The van der Waals surface area contributed by atoms with Gasteiger partial charge in [-0.3, -0.25) is 9.79 Å². The van der Waals surface area contributed by atoms with E-state index in [-0.39, 0.29) is 5.78 Å². The van der Waals surface area contributed by atoms with Crippen molar-refractivity contribution in [2.24, 2.45) is 10.9 Å². The molecule has 0 N–H and O–H groups in total. The summed E-state index contributed by atoms with van der Waals surface area (Å²) in [6.07, 6.45) is 0. The first-order valence-corrected chi connectivity index (χ1v) is 7.71. The molecule has 2 aromatic carbocycles. The van der Waals surface area contributed by atoms with Gasteiger partial charge in [-0.25, -0.2) is 4.39 Å². The van der Waals surface area contributed by atoms with Gasteiger partial charge < -0.3 is 0 Å². The number of carbonyl (C=O) groups excluding carboxylic acids is 1. The number of carbonyl (C=O) groups is 1. The van der Waals surface area contributed by atoms with Gasteiger partial charge in [0.25, 0.3) is 0 Å². The third-order valence-corrected chi connectivity index (χ3v) is 4.69. The number of nitrogens with zero attached hydrogens (tertiary/aromatic N) is 2. The van der Waals surface area contributed by atoms with Crippen molar-refractivity contribution in [2.75, 3.05) is 0 Å². The van der Waals surface area contributed by atoms with Gasteiger partial charge in [-0.15, -0.1) is 0 Å². The molecule has 3 nitrogen and oxygen atoms in total. The van der Waals surface area contributed by atoms with E-state index in [9.17, 15) is 14.4 Å². The summed E-state index contributed by atoms with van der Waals surface area (Å²) in [5.74, 6) is -1.86. The van der Waals surface area contributed by atoms with Gasteiger partial charge in [-0.2, -0.15) is 5.26 Å². The normalized spacial score (nSPS) is 21.9. The van der Waals surface area contributed by atoms with E-state index in [1.54, 1.807) is 37.3 Å². The van der Waals surface area contributed by atoms with Crippen LogP contribution in [0, 0.1) is 23.1 Å². The molecular formula is C20H13FN2O. The lowest BCUT2D eigenvalue weighted by Crippen LogP contribution is -2.27. The van der Waals surface area contributed by atoms with Crippen molar-refractivity contribution in [3.63, 3.8) is 0 Å². The summed E-state index contributed by atoms with van der Waals surface area (Å²) in [5.41, 5.74) is 3.31. The second kappa shape index (κ2) is 5.24. The maximum atomic E-state index is 14.4. The van der Waals surface area contributed by atoms with Crippen molar-refractivity contribution in [2.45, 2.75) is 12.8 Å². The fourth-order valence-corrected chi connectivity index (χ4v) is 3.58. The zero-order chi connectivity index (χ0) is 16.8. The van der Waals surface area contributed by atoms with Gasteiger partial charge in [-0.05, 0) is 18.6 Å². The molecule has 0 saturated heterocycles. The van der Waals surface area contributed by atoms with E-state index in [1.807, 2.05) is 12.1 Å². The number of fused-ring (bicyclic) bond motifs is 2. The number of hydrogen-bond donors (Lipinski definition) is 0. The van der Waals surface area contributed by atoms with Crippen molar-refractivity contribution < 1.29 is 9.18 Å². The molecule has 2 aliphatic rings. The van der Waals surface area contributed by atoms with Gasteiger partial charge in [0.2, 0.25) is 0 Å². The van der Waals surface area contributed by atoms with Gasteiger partial charge in [0.1, 0.15) is 5.82 Å². The third kappa shape index (κ3) is 1.88. The van der Waals surface area contributed by atoms with Crippen LogP contribution in [0.5, 0.6) is 0 Å². The Morgan fingerprint density at radius 3 is 2.46 bits per heavy atom. The van der Waals surface area contributed by atoms with Crippen LogP contribution in [-0.2, 0) is 0 Å². The molecule has 116 valence electrons. The van der Waals surface area contributed by atoms with Crippen molar-refractivity contribution in [3.8, 4) is 6.07 Å². The van der Waals surface area contributed by atoms with Crippen LogP contribution < -0.4 is 0 Å². The van der Waals surface area contributed by atoms with Gasteiger partial charge in [0.05, 0.1) is 17.7 Å². The molecule has 2 atom stereocenters. The Labute approximate surface area is 138 Å². The van der Waals surface area contributed by atoms with E-state index in [2.05, 4.69) is 11.1 Å². The average molecular weight is 316 g/mol. The maximum absolute atomic E-state index is 14.4. The first-order valence-electron chi connectivity index (χ1n) is 7.71. The van der Waals surface area contributed by atoms with Crippen LogP contribution in [0.4, 0.5) is 4.39 Å². The molecule has 1 heterocycles. The zero-order valence-corrected chi connectivity index (χ0v) is 13.0. The average Bonchev–Trinajstić information content (AvgIpc) is 2.87. The fourth-order valence-electron chi connectivity index (χ4n) is 3.58. The second-order valence-electron chi connectivity index (χ2n) is 6.00. The molecule has 0 spiro atoms. The molecule has 0 saturated carbocycles. The minimum Gasteiger partial charge on any atom is -0.289 e. The van der Waals surface area contributed by atoms with E-state index < -0.39 is 17.7 Å². The van der Waals surface area contributed by atoms with Crippen LogP contribution in [-0.4, -0.2) is 11.5 Å². The summed E-state index contributed by atoms with van der Waals surface area (Å²) < 4.78 is 14.4. The molecule has 0 fully saturated rings. The number of hydrogen-bond acceptors (Lipinski definition) is 3.